The summed E-state index contributed by atoms with van der Waals surface area (Å²) in [5, 5.41) is 0. The maximum absolute atomic E-state index is 5.47. The monoisotopic (exact) mass is 252 g/mol. The van der Waals surface area contributed by atoms with Crippen LogP contribution in [0.15, 0.2) is 23.8 Å². The van der Waals surface area contributed by atoms with Crippen LogP contribution in [0.4, 0.5) is 0 Å². The fourth-order valence-corrected chi connectivity index (χ4v) is 2.11. The van der Waals surface area contributed by atoms with E-state index in [2.05, 4.69) is 39.0 Å². The summed E-state index contributed by atoms with van der Waals surface area (Å²) >= 11 is 0. The molecule has 0 aromatic carbocycles. The SMILES string of the molecule is CC.CCOCCC(C)(C)/C1=C/CCC/C=C\C1. The number of ether oxygens (including phenoxy) is 1. The van der Waals surface area contributed by atoms with Gasteiger partial charge in [0.05, 0.1) is 0 Å². The second-order valence-electron chi connectivity index (χ2n) is 5.17. The smallest absolute Gasteiger partial charge is 0.0474 e. The molecule has 0 radical (unpaired) electrons. The molecule has 0 bridgehead atoms. The van der Waals surface area contributed by atoms with Crippen LogP contribution in [0.1, 0.15) is 66.7 Å². The van der Waals surface area contributed by atoms with Gasteiger partial charge in [0.15, 0.2) is 0 Å². The lowest BCUT2D eigenvalue weighted by atomic mass is 9.78. The Morgan fingerprint density at radius 3 is 2.56 bits per heavy atom. The predicted molar refractivity (Wildman–Crippen MR) is 81.9 cm³/mol. The third-order valence-corrected chi connectivity index (χ3v) is 3.41. The van der Waals surface area contributed by atoms with Gasteiger partial charge in [-0.15, -0.1) is 0 Å². The Morgan fingerprint density at radius 2 is 1.89 bits per heavy atom. The van der Waals surface area contributed by atoms with Gasteiger partial charge in [-0.25, -0.2) is 0 Å². The maximum Gasteiger partial charge on any atom is 0.0474 e. The van der Waals surface area contributed by atoms with E-state index >= 15 is 0 Å². The van der Waals surface area contributed by atoms with Crippen LogP contribution in [0, 0.1) is 5.41 Å². The van der Waals surface area contributed by atoms with Crippen molar-refractivity contribution in [2.45, 2.75) is 66.7 Å². The molecule has 0 aromatic heterocycles. The van der Waals surface area contributed by atoms with Gasteiger partial charge in [-0.3, -0.25) is 0 Å². The van der Waals surface area contributed by atoms with Crippen LogP contribution in [-0.4, -0.2) is 13.2 Å². The van der Waals surface area contributed by atoms with E-state index in [-0.39, 0.29) is 5.41 Å². The van der Waals surface area contributed by atoms with Gasteiger partial charge in [0, 0.05) is 13.2 Å². The van der Waals surface area contributed by atoms with Crippen molar-refractivity contribution in [1.29, 1.82) is 0 Å². The third kappa shape index (κ3) is 7.00. The Hall–Kier alpha value is -0.560. The molecule has 1 heteroatoms. The van der Waals surface area contributed by atoms with Crippen LogP contribution in [0.2, 0.25) is 0 Å². The number of rotatable bonds is 5. The average molecular weight is 252 g/mol. The zero-order chi connectivity index (χ0) is 13.9. The van der Waals surface area contributed by atoms with Crippen LogP contribution >= 0.6 is 0 Å². The largest absolute Gasteiger partial charge is 0.382 e. The highest BCUT2D eigenvalue weighted by atomic mass is 16.5. The van der Waals surface area contributed by atoms with Gasteiger partial charge in [-0.2, -0.15) is 0 Å². The molecule has 0 aromatic rings. The maximum atomic E-state index is 5.47. The van der Waals surface area contributed by atoms with Gasteiger partial charge in [0.1, 0.15) is 0 Å². The first-order valence-electron chi connectivity index (χ1n) is 7.59. The van der Waals surface area contributed by atoms with Crippen molar-refractivity contribution in [3.8, 4) is 0 Å². The van der Waals surface area contributed by atoms with E-state index < -0.39 is 0 Å². The van der Waals surface area contributed by atoms with Crippen molar-refractivity contribution in [1.82, 2.24) is 0 Å². The summed E-state index contributed by atoms with van der Waals surface area (Å²) in [6.45, 7) is 12.4. The molecule has 106 valence electrons. The van der Waals surface area contributed by atoms with Crippen LogP contribution in [0.5, 0.6) is 0 Å². The summed E-state index contributed by atoms with van der Waals surface area (Å²) in [7, 11) is 0. The van der Waals surface area contributed by atoms with Crippen molar-refractivity contribution in [2.24, 2.45) is 5.41 Å². The van der Waals surface area contributed by atoms with E-state index in [1.807, 2.05) is 13.8 Å². The van der Waals surface area contributed by atoms with Crippen molar-refractivity contribution in [3.05, 3.63) is 23.8 Å². The minimum Gasteiger partial charge on any atom is -0.382 e. The Kier molecular flexibility index (Phi) is 10.0. The van der Waals surface area contributed by atoms with Crippen LogP contribution < -0.4 is 0 Å². The van der Waals surface area contributed by atoms with Crippen LogP contribution in [0.3, 0.4) is 0 Å². The topological polar surface area (TPSA) is 9.23 Å². The molecule has 0 N–H and O–H groups in total. The van der Waals surface area contributed by atoms with E-state index in [4.69, 9.17) is 4.74 Å². The summed E-state index contributed by atoms with van der Waals surface area (Å²) in [5.74, 6) is 0. The second kappa shape index (κ2) is 10.4. The predicted octanol–water partition coefficient (Wildman–Crippen LogP) is 5.52. The summed E-state index contributed by atoms with van der Waals surface area (Å²) in [6.07, 6.45) is 13.1. The Balaban J connectivity index is 0.00000137. The minimum absolute atomic E-state index is 0.289. The zero-order valence-electron chi connectivity index (χ0n) is 13.1. The lowest BCUT2D eigenvalue weighted by Crippen LogP contribution is -2.18. The van der Waals surface area contributed by atoms with Gasteiger partial charge >= 0.3 is 0 Å². The highest BCUT2D eigenvalue weighted by molar-refractivity contribution is 5.17. The van der Waals surface area contributed by atoms with Gasteiger partial charge in [-0.1, -0.05) is 51.5 Å². The molecular weight excluding hydrogens is 220 g/mol. The summed E-state index contributed by atoms with van der Waals surface area (Å²) in [4.78, 5) is 0. The molecule has 1 aliphatic carbocycles. The van der Waals surface area contributed by atoms with Crippen LogP contribution in [0.25, 0.3) is 0 Å². The number of hydrogen-bond acceptors (Lipinski definition) is 1. The molecule has 0 heterocycles. The number of hydrogen-bond donors (Lipinski definition) is 0. The molecule has 0 aliphatic heterocycles. The van der Waals surface area contributed by atoms with Crippen molar-refractivity contribution >= 4 is 0 Å². The molecule has 0 amide bonds. The molecular formula is C17H32O. The molecule has 0 saturated carbocycles. The van der Waals surface area contributed by atoms with Crippen molar-refractivity contribution < 1.29 is 4.74 Å². The van der Waals surface area contributed by atoms with Gasteiger partial charge in [0.2, 0.25) is 0 Å². The Labute approximate surface area is 114 Å². The summed E-state index contributed by atoms with van der Waals surface area (Å²) in [5.41, 5.74) is 1.87. The molecule has 0 fully saturated rings. The van der Waals surface area contributed by atoms with Crippen LogP contribution in [-0.2, 0) is 4.74 Å². The molecule has 0 atom stereocenters. The van der Waals surface area contributed by atoms with E-state index in [1.54, 1.807) is 5.57 Å². The van der Waals surface area contributed by atoms with E-state index in [1.165, 1.54) is 19.3 Å². The average Bonchev–Trinajstić information content (AvgIpc) is 2.30. The Morgan fingerprint density at radius 1 is 1.17 bits per heavy atom. The first-order valence-corrected chi connectivity index (χ1v) is 7.59. The standard InChI is InChI=1S/C15H26O.C2H6/c1-4-16-13-12-15(2,3)14-10-8-6-5-7-9-11-14;1-2/h6,8,11H,4-5,7,9-10,12-13H2,1-3H3;1-2H3/b8-6-,14-11+;. The first-order chi connectivity index (χ1) is 8.67. The molecule has 18 heavy (non-hydrogen) atoms. The molecule has 0 spiro atoms. The molecule has 0 unspecified atom stereocenters. The molecule has 0 saturated heterocycles. The van der Waals surface area contributed by atoms with Gasteiger partial charge < -0.3 is 4.74 Å². The Bertz CT molecular complexity index is 248. The summed E-state index contributed by atoms with van der Waals surface area (Å²) < 4.78 is 5.47. The number of allylic oxidation sites excluding steroid dienone is 4. The first kappa shape index (κ1) is 17.4. The van der Waals surface area contributed by atoms with E-state index in [0.29, 0.717) is 0 Å². The van der Waals surface area contributed by atoms with E-state index in [0.717, 1.165) is 26.1 Å². The third-order valence-electron chi connectivity index (χ3n) is 3.41. The van der Waals surface area contributed by atoms with Gasteiger partial charge in [0.25, 0.3) is 0 Å². The van der Waals surface area contributed by atoms with E-state index in [9.17, 15) is 0 Å². The normalized spacial score (nSPS) is 20.8. The fraction of sp³-hybridized carbons (Fsp3) is 0.765. The summed E-state index contributed by atoms with van der Waals surface area (Å²) in [6, 6.07) is 0. The zero-order valence-corrected chi connectivity index (χ0v) is 13.1. The highest BCUT2D eigenvalue weighted by Gasteiger charge is 2.22. The highest BCUT2D eigenvalue weighted by Crippen LogP contribution is 2.34. The van der Waals surface area contributed by atoms with Gasteiger partial charge in [-0.05, 0) is 44.4 Å². The second-order valence-corrected chi connectivity index (χ2v) is 5.17. The quantitative estimate of drug-likeness (QED) is 0.462. The molecule has 1 nitrogen and oxygen atoms in total. The van der Waals surface area contributed by atoms with Crippen molar-refractivity contribution in [2.75, 3.05) is 13.2 Å². The lowest BCUT2D eigenvalue weighted by molar-refractivity contribution is 0.122. The molecule has 1 aliphatic rings. The fourth-order valence-electron chi connectivity index (χ4n) is 2.11. The lowest BCUT2D eigenvalue weighted by Gasteiger charge is -2.28. The van der Waals surface area contributed by atoms with Crippen molar-refractivity contribution in [3.63, 3.8) is 0 Å². The molecule has 1 rings (SSSR count). The minimum atomic E-state index is 0.289.